The summed E-state index contributed by atoms with van der Waals surface area (Å²) in [5.41, 5.74) is 3.46. The number of carbonyl (C=O) groups is 1. The van der Waals surface area contributed by atoms with Crippen molar-refractivity contribution in [2.75, 3.05) is 31.6 Å². The first-order valence-corrected chi connectivity index (χ1v) is 8.28. The van der Waals surface area contributed by atoms with Gasteiger partial charge in [0.2, 0.25) is 5.91 Å². The van der Waals surface area contributed by atoms with Crippen LogP contribution in [0.2, 0.25) is 0 Å². The van der Waals surface area contributed by atoms with Crippen molar-refractivity contribution >= 4 is 11.6 Å². The number of nitrogens with zero attached hydrogens (tertiary/aromatic N) is 1. The van der Waals surface area contributed by atoms with Crippen molar-refractivity contribution in [1.82, 2.24) is 4.90 Å². The normalized spacial score (nSPS) is 15.6. The van der Waals surface area contributed by atoms with Gasteiger partial charge >= 0.3 is 0 Å². The van der Waals surface area contributed by atoms with Crippen molar-refractivity contribution in [2.45, 2.75) is 13.0 Å². The van der Waals surface area contributed by atoms with Gasteiger partial charge in [0.05, 0.1) is 6.54 Å². The summed E-state index contributed by atoms with van der Waals surface area (Å²) in [4.78, 5) is 14.4. The van der Waals surface area contributed by atoms with Crippen LogP contribution in [0.4, 0.5) is 5.69 Å². The quantitative estimate of drug-likeness (QED) is 0.942. The lowest BCUT2D eigenvalue weighted by Crippen LogP contribution is -2.39. The molecule has 1 amide bonds. The highest BCUT2D eigenvalue weighted by molar-refractivity contribution is 5.81. The second-order valence-electron chi connectivity index (χ2n) is 6.05. The van der Waals surface area contributed by atoms with Gasteiger partial charge in [-0.25, -0.2) is 0 Å². The Morgan fingerprint density at radius 2 is 1.83 bits per heavy atom. The van der Waals surface area contributed by atoms with Crippen molar-refractivity contribution in [3.63, 3.8) is 0 Å². The number of rotatable bonds is 3. The summed E-state index contributed by atoms with van der Waals surface area (Å²) in [6.45, 7) is 2.88. The van der Waals surface area contributed by atoms with E-state index in [9.17, 15) is 4.79 Å². The average molecular weight is 324 g/mol. The largest absolute Gasteiger partial charge is 0.486 e. The van der Waals surface area contributed by atoms with Crippen LogP contribution in [0.1, 0.15) is 11.1 Å². The number of carbonyl (C=O) groups excluding carboxylic acids is 1. The summed E-state index contributed by atoms with van der Waals surface area (Å²) < 4.78 is 11.1. The Morgan fingerprint density at radius 1 is 1.04 bits per heavy atom. The topological polar surface area (TPSA) is 50.8 Å². The van der Waals surface area contributed by atoms with E-state index in [0.29, 0.717) is 19.8 Å². The Bertz CT molecular complexity index is 760. The summed E-state index contributed by atoms with van der Waals surface area (Å²) in [5.74, 6) is 1.59. The van der Waals surface area contributed by atoms with Crippen molar-refractivity contribution in [2.24, 2.45) is 0 Å². The predicted octanol–water partition coefficient (Wildman–Crippen LogP) is 2.45. The number of anilines is 1. The maximum atomic E-state index is 12.5. The molecular formula is C19H20N2O3. The van der Waals surface area contributed by atoms with Crippen molar-refractivity contribution in [3.8, 4) is 11.5 Å². The highest BCUT2D eigenvalue weighted by Crippen LogP contribution is 2.32. The molecule has 2 aliphatic rings. The number of nitrogens with one attached hydrogen (secondary N) is 1. The van der Waals surface area contributed by atoms with Gasteiger partial charge in [0.15, 0.2) is 11.5 Å². The van der Waals surface area contributed by atoms with Gasteiger partial charge in [-0.3, -0.25) is 4.79 Å². The van der Waals surface area contributed by atoms with E-state index in [2.05, 4.69) is 23.5 Å². The van der Waals surface area contributed by atoms with Crippen molar-refractivity contribution in [1.29, 1.82) is 0 Å². The number of hydrogen-bond donors (Lipinski definition) is 1. The van der Waals surface area contributed by atoms with Crippen LogP contribution in [0, 0.1) is 0 Å². The van der Waals surface area contributed by atoms with E-state index in [0.717, 1.165) is 30.2 Å². The highest BCUT2D eigenvalue weighted by atomic mass is 16.6. The molecule has 2 aliphatic heterocycles. The van der Waals surface area contributed by atoms with Crippen LogP contribution in [0.3, 0.4) is 0 Å². The lowest BCUT2D eigenvalue weighted by Gasteiger charge is -2.29. The monoisotopic (exact) mass is 324 g/mol. The number of benzene rings is 2. The van der Waals surface area contributed by atoms with E-state index in [1.807, 2.05) is 29.2 Å². The third-order valence-electron chi connectivity index (χ3n) is 4.47. The molecule has 124 valence electrons. The van der Waals surface area contributed by atoms with Gasteiger partial charge < -0.3 is 19.7 Å². The summed E-state index contributed by atoms with van der Waals surface area (Å²) in [7, 11) is 0. The van der Waals surface area contributed by atoms with Crippen LogP contribution < -0.4 is 14.8 Å². The third kappa shape index (κ3) is 3.02. The van der Waals surface area contributed by atoms with Crippen molar-refractivity contribution < 1.29 is 14.3 Å². The molecule has 0 atom stereocenters. The molecule has 0 saturated heterocycles. The van der Waals surface area contributed by atoms with Gasteiger partial charge in [0.25, 0.3) is 0 Å². The summed E-state index contributed by atoms with van der Waals surface area (Å²) in [5, 5.41) is 3.19. The molecule has 0 fully saturated rings. The predicted molar refractivity (Wildman–Crippen MR) is 91.5 cm³/mol. The minimum absolute atomic E-state index is 0.111. The fraction of sp³-hybridized carbons (Fsp3) is 0.316. The van der Waals surface area contributed by atoms with Crippen molar-refractivity contribution in [3.05, 3.63) is 53.6 Å². The van der Waals surface area contributed by atoms with E-state index in [4.69, 9.17) is 9.47 Å². The van der Waals surface area contributed by atoms with E-state index in [1.165, 1.54) is 11.1 Å². The van der Waals surface area contributed by atoms with E-state index >= 15 is 0 Å². The van der Waals surface area contributed by atoms with Gasteiger partial charge in [0, 0.05) is 24.8 Å². The zero-order chi connectivity index (χ0) is 16.4. The zero-order valence-electron chi connectivity index (χ0n) is 13.5. The number of fused-ring (bicyclic) bond motifs is 2. The maximum absolute atomic E-state index is 12.5. The van der Waals surface area contributed by atoms with Gasteiger partial charge in [0.1, 0.15) is 13.2 Å². The molecule has 2 heterocycles. The standard InChI is InChI=1S/C19H20N2O3/c22-19(21-8-7-14-3-1-2-4-15(14)13-21)12-20-16-5-6-17-18(11-16)24-10-9-23-17/h1-6,11,20H,7-10,12-13H2. The molecule has 24 heavy (non-hydrogen) atoms. The highest BCUT2D eigenvalue weighted by Gasteiger charge is 2.20. The van der Waals surface area contributed by atoms with E-state index in [-0.39, 0.29) is 12.5 Å². The smallest absolute Gasteiger partial charge is 0.242 e. The second kappa shape index (κ2) is 6.43. The lowest BCUT2D eigenvalue weighted by molar-refractivity contribution is -0.130. The zero-order valence-corrected chi connectivity index (χ0v) is 13.5. The Hall–Kier alpha value is -2.69. The number of amides is 1. The van der Waals surface area contributed by atoms with Gasteiger partial charge in [-0.1, -0.05) is 24.3 Å². The average Bonchev–Trinajstić information content (AvgIpc) is 2.65. The fourth-order valence-corrected chi connectivity index (χ4v) is 3.15. The Kier molecular flexibility index (Phi) is 3.99. The van der Waals surface area contributed by atoms with Crippen LogP contribution in [-0.4, -0.2) is 37.1 Å². The first-order chi connectivity index (χ1) is 11.8. The van der Waals surface area contributed by atoms with Crippen LogP contribution in [-0.2, 0) is 17.8 Å². The molecule has 0 saturated carbocycles. The Morgan fingerprint density at radius 3 is 2.71 bits per heavy atom. The maximum Gasteiger partial charge on any atom is 0.242 e. The molecule has 0 radical (unpaired) electrons. The minimum Gasteiger partial charge on any atom is -0.486 e. The van der Waals surface area contributed by atoms with E-state index in [1.54, 1.807) is 0 Å². The molecule has 0 spiro atoms. The SMILES string of the molecule is O=C(CNc1ccc2c(c1)OCCO2)N1CCc2ccccc2C1. The van der Waals surface area contributed by atoms with Crippen LogP contribution in [0.15, 0.2) is 42.5 Å². The van der Waals surface area contributed by atoms with E-state index < -0.39 is 0 Å². The second-order valence-corrected chi connectivity index (χ2v) is 6.05. The fourth-order valence-electron chi connectivity index (χ4n) is 3.15. The molecule has 0 aliphatic carbocycles. The minimum atomic E-state index is 0.111. The molecule has 0 unspecified atom stereocenters. The number of hydrogen-bond acceptors (Lipinski definition) is 4. The molecule has 0 bridgehead atoms. The van der Waals surface area contributed by atoms with Crippen LogP contribution in [0.5, 0.6) is 11.5 Å². The molecule has 2 aromatic carbocycles. The van der Waals surface area contributed by atoms with Gasteiger partial charge in [-0.05, 0) is 29.7 Å². The summed E-state index contributed by atoms with van der Waals surface area (Å²) in [6.07, 6.45) is 0.923. The Balaban J connectivity index is 1.37. The Labute approximate surface area is 141 Å². The first kappa shape index (κ1) is 14.9. The summed E-state index contributed by atoms with van der Waals surface area (Å²) >= 11 is 0. The van der Waals surface area contributed by atoms with Gasteiger partial charge in [-0.2, -0.15) is 0 Å². The third-order valence-corrected chi connectivity index (χ3v) is 4.47. The molecule has 1 N–H and O–H groups in total. The molecule has 0 aromatic heterocycles. The first-order valence-electron chi connectivity index (χ1n) is 8.28. The number of ether oxygens (including phenoxy) is 2. The van der Waals surface area contributed by atoms with Crippen LogP contribution >= 0.6 is 0 Å². The molecule has 5 heteroatoms. The molecule has 4 rings (SSSR count). The van der Waals surface area contributed by atoms with Gasteiger partial charge in [-0.15, -0.1) is 0 Å². The molecular weight excluding hydrogens is 304 g/mol. The molecule has 5 nitrogen and oxygen atoms in total. The molecule has 2 aromatic rings. The lowest BCUT2D eigenvalue weighted by atomic mass is 10.00. The van der Waals surface area contributed by atoms with Crippen LogP contribution in [0.25, 0.3) is 0 Å². The summed E-state index contributed by atoms with van der Waals surface area (Å²) in [6, 6.07) is 14.0.